The average molecular weight is 293 g/mol. The van der Waals surface area contributed by atoms with Gasteiger partial charge < -0.3 is 11.1 Å². The maximum atomic E-state index is 13.6. The molecule has 0 bridgehead atoms. The molecule has 0 aliphatic heterocycles. The molecule has 1 aromatic carbocycles. The number of nitrogens with one attached hydrogen (secondary N) is 1. The third kappa shape index (κ3) is 3.61. The number of rotatable bonds is 4. The molecule has 0 saturated carbocycles. The zero-order chi connectivity index (χ0) is 14.8. The number of nitrogens with zero attached hydrogens (tertiary/aromatic N) is 1. The number of aromatic nitrogens is 1. The third-order valence-electron chi connectivity index (χ3n) is 2.55. The second kappa shape index (κ2) is 5.68. The van der Waals surface area contributed by atoms with Gasteiger partial charge in [-0.3, -0.25) is 4.79 Å². The molecule has 1 heterocycles. The molecule has 1 aromatic heterocycles. The normalized spacial score (nSPS) is 11.4. The summed E-state index contributed by atoms with van der Waals surface area (Å²) in [6.07, 6.45) is 0. The molecule has 1 amide bonds. The number of hydrogen-bond donors (Lipinski definition) is 2. The van der Waals surface area contributed by atoms with Crippen molar-refractivity contribution in [2.75, 3.05) is 6.54 Å². The Hall–Kier alpha value is -1.79. The molecular formula is C14H16FN3OS. The standard InChI is InChI=1S/C14H16FN3OS/c1-14(2,16)8-17-12(19)11-7-20-13(18-11)9-5-3-4-6-10(9)15/h3-7H,8,16H2,1-2H3,(H,17,19). The van der Waals surface area contributed by atoms with Crippen LogP contribution in [0.25, 0.3) is 10.6 Å². The van der Waals surface area contributed by atoms with Crippen molar-refractivity contribution in [3.63, 3.8) is 0 Å². The van der Waals surface area contributed by atoms with E-state index in [-0.39, 0.29) is 17.4 Å². The largest absolute Gasteiger partial charge is 0.349 e. The van der Waals surface area contributed by atoms with Gasteiger partial charge in [-0.05, 0) is 26.0 Å². The van der Waals surface area contributed by atoms with Crippen LogP contribution in [-0.4, -0.2) is 23.0 Å². The van der Waals surface area contributed by atoms with E-state index in [4.69, 9.17) is 5.73 Å². The summed E-state index contributed by atoms with van der Waals surface area (Å²) in [6, 6.07) is 6.35. The quantitative estimate of drug-likeness (QED) is 0.909. The first kappa shape index (κ1) is 14.6. The highest BCUT2D eigenvalue weighted by Crippen LogP contribution is 2.25. The highest BCUT2D eigenvalue weighted by molar-refractivity contribution is 7.13. The van der Waals surface area contributed by atoms with Gasteiger partial charge in [-0.2, -0.15) is 0 Å². The Labute approximate surface area is 120 Å². The number of amides is 1. The first-order valence-electron chi connectivity index (χ1n) is 6.14. The minimum absolute atomic E-state index is 0.275. The van der Waals surface area contributed by atoms with Gasteiger partial charge in [-0.25, -0.2) is 9.37 Å². The summed E-state index contributed by atoms with van der Waals surface area (Å²) in [5, 5.41) is 4.80. The van der Waals surface area contributed by atoms with E-state index in [0.717, 1.165) is 0 Å². The lowest BCUT2D eigenvalue weighted by Crippen LogP contribution is -2.45. The summed E-state index contributed by atoms with van der Waals surface area (Å²) >= 11 is 1.24. The van der Waals surface area contributed by atoms with Gasteiger partial charge in [0.15, 0.2) is 0 Å². The van der Waals surface area contributed by atoms with Gasteiger partial charge in [-0.15, -0.1) is 11.3 Å². The predicted molar refractivity (Wildman–Crippen MR) is 78.1 cm³/mol. The van der Waals surface area contributed by atoms with Crippen LogP contribution in [-0.2, 0) is 0 Å². The first-order valence-corrected chi connectivity index (χ1v) is 7.02. The molecular weight excluding hydrogens is 277 g/mol. The zero-order valence-corrected chi connectivity index (χ0v) is 12.1. The SMILES string of the molecule is CC(C)(N)CNC(=O)c1csc(-c2ccccc2F)n1. The van der Waals surface area contributed by atoms with Gasteiger partial charge in [0.25, 0.3) is 5.91 Å². The topological polar surface area (TPSA) is 68.0 Å². The molecule has 0 spiro atoms. The summed E-state index contributed by atoms with van der Waals surface area (Å²) in [5.74, 6) is -0.653. The van der Waals surface area contributed by atoms with Crippen LogP contribution in [0, 0.1) is 5.82 Å². The van der Waals surface area contributed by atoms with E-state index in [2.05, 4.69) is 10.3 Å². The van der Waals surface area contributed by atoms with Crippen molar-refractivity contribution in [2.45, 2.75) is 19.4 Å². The molecule has 0 fully saturated rings. The number of hydrogen-bond acceptors (Lipinski definition) is 4. The number of carbonyl (C=O) groups excluding carboxylic acids is 1. The van der Waals surface area contributed by atoms with E-state index in [1.54, 1.807) is 23.6 Å². The van der Waals surface area contributed by atoms with Gasteiger partial charge in [0, 0.05) is 23.0 Å². The van der Waals surface area contributed by atoms with E-state index in [1.807, 2.05) is 13.8 Å². The van der Waals surface area contributed by atoms with E-state index in [1.165, 1.54) is 17.4 Å². The molecule has 0 unspecified atom stereocenters. The second-order valence-electron chi connectivity index (χ2n) is 5.19. The summed E-state index contributed by atoms with van der Waals surface area (Å²) in [6.45, 7) is 3.98. The molecule has 6 heteroatoms. The Balaban J connectivity index is 2.13. The summed E-state index contributed by atoms with van der Waals surface area (Å²) in [5.41, 5.74) is 5.98. The van der Waals surface area contributed by atoms with Gasteiger partial charge in [0.1, 0.15) is 16.5 Å². The van der Waals surface area contributed by atoms with Gasteiger partial charge in [0.05, 0.1) is 0 Å². The maximum absolute atomic E-state index is 13.6. The van der Waals surface area contributed by atoms with Crippen LogP contribution >= 0.6 is 11.3 Å². The summed E-state index contributed by atoms with van der Waals surface area (Å²) in [4.78, 5) is 16.1. The maximum Gasteiger partial charge on any atom is 0.270 e. The van der Waals surface area contributed by atoms with Crippen LogP contribution in [0.2, 0.25) is 0 Å². The van der Waals surface area contributed by atoms with Crippen molar-refractivity contribution in [1.82, 2.24) is 10.3 Å². The zero-order valence-electron chi connectivity index (χ0n) is 11.3. The number of benzene rings is 1. The van der Waals surface area contributed by atoms with Crippen LogP contribution in [0.5, 0.6) is 0 Å². The molecule has 0 atom stereocenters. The van der Waals surface area contributed by atoms with E-state index < -0.39 is 5.54 Å². The van der Waals surface area contributed by atoms with Crippen LogP contribution in [0.3, 0.4) is 0 Å². The number of carbonyl (C=O) groups is 1. The van der Waals surface area contributed by atoms with Gasteiger partial charge in [-0.1, -0.05) is 12.1 Å². The first-order chi connectivity index (χ1) is 9.37. The average Bonchev–Trinajstić information content (AvgIpc) is 2.85. The van der Waals surface area contributed by atoms with Crippen molar-refractivity contribution in [3.8, 4) is 10.6 Å². The minimum atomic E-state index is -0.486. The molecule has 106 valence electrons. The number of nitrogens with two attached hydrogens (primary N) is 1. The predicted octanol–water partition coefficient (Wildman–Crippen LogP) is 2.42. The van der Waals surface area contributed by atoms with Crippen LogP contribution in [0.1, 0.15) is 24.3 Å². The van der Waals surface area contributed by atoms with Crippen molar-refractivity contribution < 1.29 is 9.18 Å². The lowest BCUT2D eigenvalue weighted by molar-refractivity contribution is 0.0942. The highest BCUT2D eigenvalue weighted by atomic mass is 32.1. The van der Waals surface area contributed by atoms with E-state index >= 15 is 0 Å². The molecule has 20 heavy (non-hydrogen) atoms. The van der Waals surface area contributed by atoms with Gasteiger partial charge >= 0.3 is 0 Å². The van der Waals surface area contributed by atoms with Gasteiger partial charge in [0.2, 0.25) is 0 Å². The van der Waals surface area contributed by atoms with Crippen molar-refractivity contribution in [3.05, 3.63) is 41.2 Å². The molecule has 3 N–H and O–H groups in total. The summed E-state index contributed by atoms with van der Waals surface area (Å²) in [7, 11) is 0. The van der Waals surface area contributed by atoms with Crippen LogP contribution in [0.15, 0.2) is 29.6 Å². The monoisotopic (exact) mass is 293 g/mol. The molecule has 0 saturated heterocycles. The van der Waals surface area contributed by atoms with E-state index in [0.29, 0.717) is 17.1 Å². The lowest BCUT2D eigenvalue weighted by atomic mass is 10.1. The van der Waals surface area contributed by atoms with Crippen LogP contribution < -0.4 is 11.1 Å². The second-order valence-corrected chi connectivity index (χ2v) is 6.05. The fourth-order valence-corrected chi connectivity index (χ4v) is 2.36. The minimum Gasteiger partial charge on any atom is -0.349 e. The van der Waals surface area contributed by atoms with Crippen molar-refractivity contribution >= 4 is 17.2 Å². The fraction of sp³-hybridized carbons (Fsp3) is 0.286. The fourth-order valence-electron chi connectivity index (χ4n) is 1.54. The highest BCUT2D eigenvalue weighted by Gasteiger charge is 2.16. The third-order valence-corrected chi connectivity index (χ3v) is 3.42. The smallest absolute Gasteiger partial charge is 0.270 e. The molecule has 0 aliphatic rings. The molecule has 2 rings (SSSR count). The number of halogens is 1. The Morgan fingerprint density at radius 1 is 1.45 bits per heavy atom. The lowest BCUT2D eigenvalue weighted by Gasteiger charge is -2.18. The van der Waals surface area contributed by atoms with E-state index in [9.17, 15) is 9.18 Å². The summed E-state index contributed by atoms with van der Waals surface area (Å²) < 4.78 is 13.6. The van der Waals surface area contributed by atoms with Crippen molar-refractivity contribution in [2.24, 2.45) is 5.73 Å². The van der Waals surface area contributed by atoms with Crippen molar-refractivity contribution in [1.29, 1.82) is 0 Å². The molecule has 0 radical (unpaired) electrons. The Morgan fingerprint density at radius 3 is 2.80 bits per heavy atom. The molecule has 2 aromatic rings. The Morgan fingerprint density at radius 2 is 2.15 bits per heavy atom. The molecule has 0 aliphatic carbocycles. The Kier molecular flexibility index (Phi) is 4.15. The Bertz CT molecular complexity index is 619. The number of thiazole rings is 1. The molecule has 4 nitrogen and oxygen atoms in total. The van der Waals surface area contributed by atoms with Crippen LogP contribution in [0.4, 0.5) is 4.39 Å².